The van der Waals surface area contributed by atoms with E-state index in [1.807, 2.05) is 7.05 Å². The fourth-order valence-corrected chi connectivity index (χ4v) is 2.50. The summed E-state index contributed by atoms with van der Waals surface area (Å²) in [6.07, 6.45) is 0.0648. The molecule has 2 rings (SSSR count). The number of aliphatic hydroxyl groups excluding tert-OH is 1. The molecule has 0 aliphatic carbocycles. The molecular weight excluding hydrogens is 228 g/mol. The Kier molecular flexibility index (Phi) is 4.58. The predicted molar refractivity (Wildman–Crippen MR) is 72.8 cm³/mol. The van der Waals surface area contributed by atoms with Gasteiger partial charge in [0, 0.05) is 25.3 Å². The second-order valence-corrected chi connectivity index (χ2v) is 4.82. The number of morpholine rings is 1. The highest BCUT2D eigenvalue weighted by molar-refractivity contribution is 5.54. The molecule has 18 heavy (non-hydrogen) atoms. The molecule has 0 spiro atoms. The molecule has 1 fully saturated rings. The Morgan fingerprint density at radius 1 is 1.39 bits per heavy atom. The minimum absolute atomic E-state index is 0.0784. The summed E-state index contributed by atoms with van der Waals surface area (Å²) in [5.41, 5.74) is 2.52. The van der Waals surface area contributed by atoms with Crippen LogP contribution < -0.4 is 10.2 Å². The summed E-state index contributed by atoms with van der Waals surface area (Å²) in [4.78, 5) is 2.31. The summed E-state index contributed by atoms with van der Waals surface area (Å²) in [5, 5.41) is 12.5. The lowest BCUT2D eigenvalue weighted by Crippen LogP contribution is -2.48. The Bertz CT molecular complexity index is 384. The van der Waals surface area contributed by atoms with Crippen molar-refractivity contribution in [3.8, 4) is 0 Å². The van der Waals surface area contributed by atoms with E-state index in [1.165, 1.54) is 11.3 Å². The number of para-hydroxylation sites is 1. The van der Waals surface area contributed by atoms with Crippen molar-refractivity contribution < 1.29 is 9.84 Å². The van der Waals surface area contributed by atoms with Gasteiger partial charge in [-0.25, -0.2) is 0 Å². The van der Waals surface area contributed by atoms with Crippen LogP contribution in [0.4, 0.5) is 5.69 Å². The molecule has 0 aromatic heterocycles. The monoisotopic (exact) mass is 250 g/mol. The van der Waals surface area contributed by atoms with Crippen LogP contribution in [0.15, 0.2) is 24.3 Å². The number of aliphatic hydroxyl groups is 1. The van der Waals surface area contributed by atoms with E-state index in [9.17, 15) is 5.11 Å². The maximum Gasteiger partial charge on any atom is 0.0984 e. The average molecular weight is 250 g/mol. The molecule has 0 amide bonds. The zero-order valence-corrected chi connectivity index (χ0v) is 11.1. The first-order valence-corrected chi connectivity index (χ1v) is 6.48. The van der Waals surface area contributed by atoms with Crippen LogP contribution in [-0.4, -0.2) is 44.1 Å². The zero-order chi connectivity index (χ0) is 13.0. The minimum Gasteiger partial charge on any atom is -0.394 e. The summed E-state index contributed by atoms with van der Waals surface area (Å²) >= 11 is 0. The molecule has 4 heteroatoms. The number of benzene rings is 1. The molecule has 0 bridgehead atoms. The standard InChI is InChI=1S/C14H22N2O2/c1-11-8-16(9-13(10-17)18-11)14-6-4-3-5-12(14)7-15-2/h3-6,11,13,15,17H,7-10H2,1-2H3. The molecule has 0 radical (unpaired) electrons. The predicted octanol–water partition coefficient (Wildman–Crippen LogP) is 0.992. The Morgan fingerprint density at radius 2 is 2.17 bits per heavy atom. The molecule has 2 atom stereocenters. The highest BCUT2D eigenvalue weighted by Gasteiger charge is 2.25. The van der Waals surface area contributed by atoms with Crippen molar-refractivity contribution in [2.24, 2.45) is 0 Å². The van der Waals surface area contributed by atoms with Crippen molar-refractivity contribution >= 4 is 5.69 Å². The molecule has 2 unspecified atom stereocenters. The Morgan fingerprint density at radius 3 is 2.89 bits per heavy atom. The van der Waals surface area contributed by atoms with Gasteiger partial charge in [-0.1, -0.05) is 18.2 Å². The van der Waals surface area contributed by atoms with Crippen molar-refractivity contribution in [3.63, 3.8) is 0 Å². The molecule has 2 N–H and O–H groups in total. The van der Waals surface area contributed by atoms with E-state index in [2.05, 4.69) is 41.4 Å². The number of anilines is 1. The highest BCUT2D eigenvalue weighted by atomic mass is 16.5. The first-order chi connectivity index (χ1) is 8.74. The van der Waals surface area contributed by atoms with E-state index < -0.39 is 0 Å². The van der Waals surface area contributed by atoms with E-state index in [-0.39, 0.29) is 18.8 Å². The molecule has 100 valence electrons. The third-order valence-corrected chi connectivity index (χ3v) is 3.23. The Balaban J connectivity index is 2.19. The van der Waals surface area contributed by atoms with Crippen LogP contribution in [0.3, 0.4) is 0 Å². The van der Waals surface area contributed by atoms with Gasteiger partial charge in [-0.05, 0) is 25.6 Å². The van der Waals surface area contributed by atoms with Crippen LogP contribution >= 0.6 is 0 Å². The van der Waals surface area contributed by atoms with Crippen molar-refractivity contribution in [2.75, 3.05) is 31.6 Å². The molecule has 0 saturated carbocycles. The lowest BCUT2D eigenvalue weighted by Gasteiger charge is -2.38. The Labute approximate surface area is 109 Å². The van der Waals surface area contributed by atoms with E-state index in [0.717, 1.165) is 19.6 Å². The first-order valence-electron chi connectivity index (χ1n) is 6.48. The molecule has 1 saturated heterocycles. The lowest BCUT2D eigenvalue weighted by atomic mass is 10.1. The van der Waals surface area contributed by atoms with Crippen molar-refractivity contribution in [1.82, 2.24) is 5.32 Å². The van der Waals surface area contributed by atoms with Crippen LogP contribution in [0, 0.1) is 0 Å². The average Bonchev–Trinajstić information content (AvgIpc) is 2.39. The molecule has 1 aromatic carbocycles. The fraction of sp³-hybridized carbons (Fsp3) is 0.571. The highest BCUT2D eigenvalue weighted by Crippen LogP contribution is 2.24. The van der Waals surface area contributed by atoms with Gasteiger partial charge in [0.25, 0.3) is 0 Å². The SMILES string of the molecule is CNCc1ccccc1N1CC(C)OC(CO)C1. The van der Waals surface area contributed by atoms with E-state index >= 15 is 0 Å². The lowest BCUT2D eigenvalue weighted by molar-refractivity contribution is -0.0421. The maximum absolute atomic E-state index is 9.28. The van der Waals surface area contributed by atoms with Crippen LogP contribution in [0.5, 0.6) is 0 Å². The van der Waals surface area contributed by atoms with Gasteiger partial charge in [-0.3, -0.25) is 0 Å². The third-order valence-electron chi connectivity index (χ3n) is 3.23. The van der Waals surface area contributed by atoms with Gasteiger partial charge < -0.3 is 20.1 Å². The number of ether oxygens (including phenoxy) is 1. The molecular formula is C14H22N2O2. The van der Waals surface area contributed by atoms with Gasteiger partial charge in [0.2, 0.25) is 0 Å². The molecule has 1 aliphatic heterocycles. The molecule has 4 nitrogen and oxygen atoms in total. The van der Waals surface area contributed by atoms with E-state index in [0.29, 0.717) is 0 Å². The largest absolute Gasteiger partial charge is 0.394 e. The van der Waals surface area contributed by atoms with E-state index in [1.54, 1.807) is 0 Å². The fourth-order valence-electron chi connectivity index (χ4n) is 2.50. The van der Waals surface area contributed by atoms with Gasteiger partial charge in [0.15, 0.2) is 0 Å². The summed E-state index contributed by atoms with van der Waals surface area (Å²) in [6.45, 7) is 4.61. The number of hydrogen-bond donors (Lipinski definition) is 2. The third kappa shape index (κ3) is 3.02. The maximum atomic E-state index is 9.28. The van der Waals surface area contributed by atoms with E-state index in [4.69, 9.17) is 4.74 Å². The second-order valence-electron chi connectivity index (χ2n) is 4.82. The van der Waals surface area contributed by atoms with Gasteiger partial charge >= 0.3 is 0 Å². The molecule has 1 heterocycles. The second kappa shape index (κ2) is 6.18. The van der Waals surface area contributed by atoms with Crippen LogP contribution in [-0.2, 0) is 11.3 Å². The summed E-state index contributed by atoms with van der Waals surface area (Å²) in [5.74, 6) is 0. The number of nitrogens with zero attached hydrogens (tertiary/aromatic N) is 1. The zero-order valence-electron chi connectivity index (χ0n) is 11.1. The van der Waals surface area contributed by atoms with Gasteiger partial charge in [0.1, 0.15) is 0 Å². The van der Waals surface area contributed by atoms with Crippen LogP contribution in [0.1, 0.15) is 12.5 Å². The normalized spacial score (nSPS) is 24.3. The quantitative estimate of drug-likeness (QED) is 0.836. The van der Waals surface area contributed by atoms with Crippen molar-refractivity contribution in [3.05, 3.63) is 29.8 Å². The van der Waals surface area contributed by atoms with Gasteiger partial charge in [-0.15, -0.1) is 0 Å². The smallest absolute Gasteiger partial charge is 0.0984 e. The molecule has 1 aromatic rings. The first kappa shape index (κ1) is 13.3. The summed E-state index contributed by atoms with van der Waals surface area (Å²) in [6, 6.07) is 8.39. The number of hydrogen-bond acceptors (Lipinski definition) is 4. The summed E-state index contributed by atoms with van der Waals surface area (Å²) < 4.78 is 5.68. The molecule has 1 aliphatic rings. The van der Waals surface area contributed by atoms with Crippen LogP contribution in [0.2, 0.25) is 0 Å². The summed E-state index contributed by atoms with van der Waals surface area (Å²) in [7, 11) is 1.95. The topological polar surface area (TPSA) is 44.7 Å². The van der Waals surface area contributed by atoms with Crippen molar-refractivity contribution in [2.45, 2.75) is 25.7 Å². The number of rotatable bonds is 4. The van der Waals surface area contributed by atoms with Crippen LogP contribution in [0.25, 0.3) is 0 Å². The minimum atomic E-state index is -0.0867. The van der Waals surface area contributed by atoms with Gasteiger partial charge in [-0.2, -0.15) is 0 Å². The Hall–Kier alpha value is -1.10. The van der Waals surface area contributed by atoms with Crippen molar-refractivity contribution in [1.29, 1.82) is 0 Å². The number of nitrogens with one attached hydrogen (secondary N) is 1. The van der Waals surface area contributed by atoms with Gasteiger partial charge in [0.05, 0.1) is 18.8 Å².